The lowest BCUT2D eigenvalue weighted by Gasteiger charge is -2.39. The van der Waals surface area contributed by atoms with Gasteiger partial charge in [0.05, 0.1) is 27.2 Å². The maximum atomic E-state index is 4.16. The second kappa shape index (κ2) is 20.5. The Morgan fingerprint density at radius 1 is 0.196 bits per heavy atom. The molecular formula is C101H63N. The topological polar surface area (TPSA) is 15.8 Å². The van der Waals surface area contributed by atoms with Crippen LogP contribution in [0.4, 0.5) is 0 Å². The van der Waals surface area contributed by atoms with Gasteiger partial charge >= 0.3 is 0 Å². The second-order valence-corrected chi connectivity index (χ2v) is 29.2. The van der Waals surface area contributed by atoms with Crippen molar-refractivity contribution in [3.05, 3.63) is 464 Å². The summed E-state index contributed by atoms with van der Waals surface area (Å²) in [5.41, 5.74) is 39.9. The quantitative estimate of drug-likeness (QED) is 0.156. The van der Waals surface area contributed by atoms with E-state index in [0.29, 0.717) is 0 Å². The largest absolute Gasteiger partial charge is 0.354 e. The molecule has 0 radical (unpaired) electrons. The summed E-state index contributed by atoms with van der Waals surface area (Å²) in [5, 5.41) is 2.41. The predicted molar refractivity (Wildman–Crippen MR) is 418 cm³/mol. The Morgan fingerprint density at radius 3 is 0.882 bits per heavy atom. The molecule has 0 atom stereocenters. The van der Waals surface area contributed by atoms with Crippen LogP contribution in [0.5, 0.6) is 0 Å². The minimum absolute atomic E-state index is 0.709. The molecule has 4 spiro atoms. The number of fused-ring (bicyclic) bond motifs is 18. The first-order valence-electron chi connectivity index (χ1n) is 36.1. The molecule has 12 aliphatic rings. The SMILES string of the molecule is c1ccc2c(c1)Cc1c-2cc2cc1C1(c3ccc(cc3)-c3ccc(cc3)C3(c4cc(c5[nH]c6ccccc6c5c4)C4(c5ccc(cc5)-c5ccc(cc5)C25c2ccccc2-c2ccccc25)c2ccccc2-c2ccccc24)c2ccccc2-c2ccccc23)c2ccccc2-c2ccccc21. The molecule has 102 heavy (non-hydrogen) atoms. The summed E-state index contributed by atoms with van der Waals surface area (Å²) in [6.45, 7) is 0. The Balaban J connectivity index is 0.850. The average Bonchev–Trinajstić information content (AvgIpc) is 1.51. The molecule has 472 valence electrons. The van der Waals surface area contributed by atoms with Crippen LogP contribution in [0.25, 0.3) is 99.7 Å². The maximum absolute atomic E-state index is 4.16. The zero-order valence-electron chi connectivity index (χ0n) is 55.8. The zero-order valence-corrected chi connectivity index (χ0v) is 55.8. The summed E-state index contributed by atoms with van der Waals surface area (Å²) in [6.07, 6.45) is 0.832. The number of para-hydroxylation sites is 1. The van der Waals surface area contributed by atoms with Crippen LogP contribution in [0, 0.1) is 0 Å². The van der Waals surface area contributed by atoms with Gasteiger partial charge in [0, 0.05) is 16.3 Å². The van der Waals surface area contributed by atoms with E-state index in [2.05, 4.69) is 369 Å². The van der Waals surface area contributed by atoms with E-state index in [9.17, 15) is 0 Å². The Morgan fingerprint density at radius 2 is 0.490 bits per heavy atom. The molecule has 17 aromatic rings. The van der Waals surface area contributed by atoms with Gasteiger partial charge in [-0.25, -0.2) is 0 Å². The molecule has 16 aromatic carbocycles. The third kappa shape index (κ3) is 6.98. The van der Waals surface area contributed by atoms with E-state index in [1.165, 1.54) is 183 Å². The van der Waals surface area contributed by atoms with Crippen molar-refractivity contribution < 1.29 is 0 Å². The van der Waals surface area contributed by atoms with Gasteiger partial charge in [-0.15, -0.1) is 0 Å². The fourth-order valence-electron chi connectivity index (χ4n) is 20.9. The van der Waals surface area contributed by atoms with Gasteiger partial charge in [-0.05, 0) is 203 Å². The fraction of sp³-hybridized carbons (Fsp3) is 0.0495. The molecule has 0 saturated heterocycles. The van der Waals surface area contributed by atoms with Crippen LogP contribution in [-0.4, -0.2) is 4.98 Å². The van der Waals surface area contributed by atoms with Crippen LogP contribution >= 0.6 is 0 Å². The standard InChI is InChI=1S/C101H63N/c1-2-22-73-66(21-1)57-84-83(73)58-71-60-94(84)100(90-36-16-7-27-78(90)79-28-8-17-37-91(79)100)69-53-45-64(46-54-69)62-43-51-68(52-44-62)99(88-34-14-5-25-76(88)77-26-6-15-35-89(77)99)72-59-85-82-31-11-20-40-96(82)102-97(85)95(61-72)101(92-38-18-9-29-80(92)81-30-10-19-39-93(81)101)70-55-47-65(48-56-70)63-41-49-67(50-42-63)98(71)86-32-12-3-23-74(86)75-24-4-13-33-87(75)98/h1-56,58-61,102H,57H2. The molecule has 1 heterocycles. The smallest absolute Gasteiger partial charge is 0.0734 e. The van der Waals surface area contributed by atoms with Gasteiger partial charge in [-0.3, -0.25) is 0 Å². The maximum Gasteiger partial charge on any atom is 0.0734 e. The first kappa shape index (κ1) is 56.2. The Kier molecular flexibility index (Phi) is 11.3. The number of H-pyrrole nitrogens is 1. The van der Waals surface area contributed by atoms with Gasteiger partial charge in [0.15, 0.2) is 0 Å². The highest BCUT2D eigenvalue weighted by atomic mass is 14.7. The molecule has 0 unspecified atom stereocenters. The van der Waals surface area contributed by atoms with Gasteiger partial charge in [0.25, 0.3) is 0 Å². The van der Waals surface area contributed by atoms with Gasteiger partial charge in [-0.1, -0.05) is 346 Å². The second-order valence-electron chi connectivity index (χ2n) is 29.2. The highest BCUT2D eigenvalue weighted by Gasteiger charge is 2.54. The summed E-state index contributed by atoms with van der Waals surface area (Å²) in [6, 6.07) is 142. The van der Waals surface area contributed by atoms with Gasteiger partial charge in [0.1, 0.15) is 0 Å². The summed E-state index contributed by atoms with van der Waals surface area (Å²) in [5.74, 6) is 0. The summed E-state index contributed by atoms with van der Waals surface area (Å²) >= 11 is 0. The average molecular weight is 1290 g/mol. The van der Waals surface area contributed by atoms with Crippen molar-refractivity contribution in [1.29, 1.82) is 0 Å². The molecule has 0 saturated carbocycles. The third-order valence-electron chi connectivity index (χ3n) is 25.0. The van der Waals surface area contributed by atoms with Crippen LogP contribution in [-0.2, 0) is 28.1 Å². The van der Waals surface area contributed by atoms with Crippen LogP contribution in [0.3, 0.4) is 0 Å². The summed E-state index contributed by atoms with van der Waals surface area (Å²) in [4.78, 5) is 4.16. The molecule has 1 N–H and O–H groups in total. The van der Waals surface area contributed by atoms with Crippen molar-refractivity contribution in [3.8, 4) is 77.9 Å². The first-order chi connectivity index (χ1) is 50.5. The zero-order chi connectivity index (χ0) is 66.6. The first-order valence-corrected chi connectivity index (χ1v) is 36.1. The lowest BCUT2D eigenvalue weighted by atomic mass is 9.62. The van der Waals surface area contributed by atoms with E-state index >= 15 is 0 Å². The highest BCUT2D eigenvalue weighted by Crippen LogP contribution is 2.65. The molecule has 1 aromatic heterocycles. The summed E-state index contributed by atoms with van der Waals surface area (Å²) in [7, 11) is 0. The van der Waals surface area contributed by atoms with Gasteiger partial charge < -0.3 is 4.98 Å². The lowest BCUT2D eigenvalue weighted by molar-refractivity contribution is 0.734. The van der Waals surface area contributed by atoms with Crippen molar-refractivity contribution in [2.24, 2.45) is 0 Å². The van der Waals surface area contributed by atoms with Gasteiger partial charge in [0.2, 0.25) is 0 Å². The fourth-order valence-corrected chi connectivity index (χ4v) is 20.9. The summed E-state index contributed by atoms with van der Waals surface area (Å²) < 4.78 is 0. The molecule has 0 amide bonds. The number of aromatic nitrogens is 1. The van der Waals surface area contributed by atoms with E-state index < -0.39 is 21.7 Å². The van der Waals surface area contributed by atoms with Crippen LogP contribution < -0.4 is 0 Å². The van der Waals surface area contributed by atoms with Crippen LogP contribution in [0.2, 0.25) is 0 Å². The predicted octanol–water partition coefficient (Wildman–Crippen LogP) is 24.0. The molecule has 0 fully saturated rings. The number of benzene rings is 16. The van der Waals surface area contributed by atoms with E-state index in [1.54, 1.807) is 0 Å². The number of nitrogens with one attached hydrogen (secondary N) is 1. The van der Waals surface area contributed by atoms with Crippen molar-refractivity contribution in [2.45, 2.75) is 28.1 Å². The molecule has 29 rings (SSSR count). The molecule has 1 heteroatoms. The van der Waals surface area contributed by atoms with Crippen LogP contribution in [0.15, 0.2) is 364 Å². The number of rotatable bonds is 0. The number of aromatic amines is 1. The molecule has 1 nitrogen and oxygen atoms in total. The minimum Gasteiger partial charge on any atom is -0.354 e. The van der Waals surface area contributed by atoms with Crippen molar-refractivity contribution >= 4 is 21.8 Å². The third-order valence-corrected chi connectivity index (χ3v) is 25.0. The molecule has 12 bridgehead atoms. The van der Waals surface area contributed by atoms with Crippen molar-refractivity contribution in [2.75, 3.05) is 0 Å². The van der Waals surface area contributed by atoms with E-state index in [4.69, 9.17) is 0 Å². The Bertz CT molecular complexity index is 6270. The van der Waals surface area contributed by atoms with Crippen molar-refractivity contribution in [3.63, 3.8) is 0 Å². The number of hydrogen-bond donors (Lipinski definition) is 1. The lowest BCUT2D eigenvalue weighted by Crippen LogP contribution is -2.33. The van der Waals surface area contributed by atoms with Gasteiger partial charge in [-0.2, -0.15) is 0 Å². The Labute approximate surface area is 593 Å². The van der Waals surface area contributed by atoms with E-state index in [0.717, 1.165) is 23.0 Å². The normalized spacial score (nSPS) is 15.1. The Hall–Kier alpha value is -12.7. The van der Waals surface area contributed by atoms with E-state index in [-0.39, 0.29) is 0 Å². The van der Waals surface area contributed by atoms with E-state index in [1.807, 2.05) is 0 Å². The minimum atomic E-state index is -0.767. The highest BCUT2D eigenvalue weighted by molar-refractivity contribution is 6.10. The molecular weight excluding hydrogens is 1230 g/mol. The van der Waals surface area contributed by atoms with Crippen molar-refractivity contribution in [1.82, 2.24) is 4.98 Å². The van der Waals surface area contributed by atoms with Crippen LogP contribution in [0.1, 0.15) is 100 Å². The number of hydrogen-bond acceptors (Lipinski definition) is 0. The molecule has 0 aliphatic heterocycles. The monoisotopic (exact) mass is 1290 g/mol. The molecule has 12 aliphatic carbocycles.